The molecule has 0 unspecified atom stereocenters. The molecule has 2 aromatic rings. The molecule has 0 aromatic carbocycles. The summed E-state index contributed by atoms with van der Waals surface area (Å²) in [6.07, 6.45) is 3.29. The summed E-state index contributed by atoms with van der Waals surface area (Å²) in [7, 11) is 0. The molecular weight excluding hydrogens is 326 g/mol. The van der Waals surface area contributed by atoms with Crippen LogP contribution in [-0.2, 0) is 11.3 Å². The van der Waals surface area contributed by atoms with E-state index in [0.717, 1.165) is 10.6 Å². The van der Waals surface area contributed by atoms with Gasteiger partial charge in [-0.15, -0.1) is 11.3 Å². The molecule has 3 amide bonds. The van der Waals surface area contributed by atoms with Crippen LogP contribution < -0.4 is 16.0 Å². The predicted molar refractivity (Wildman–Crippen MR) is 90.0 cm³/mol. The number of aromatic nitrogens is 2. The fourth-order valence-corrected chi connectivity index (χ4v) is 3.22. The van der Waals surface area contributed by atoms with E-state index in [9.17, 15) is 9.59 Å². The number of rotatable bonds is 4. The summed E-state index contributed by atoms with van der Waals surface area (Å²) in [5.41, 5.74) is 2.54. The van der Waals surface area contributed by atoms with Crippen molar-refractivity contribution >= 4 is 23.3 Å². The minimum absolute atomic E-state index is 0.249. The van der Waals surface area contributed by atoms with Gasteiger partial charge < -0.3 is 16.0 Å². The summed E-state index contributed by atoms with van der Waals surface area (Å²) in [6.45, 7) is 3.85. The molecule has 3 heterocycles. The highest BCUT2D eigenvalue weighted by Gasteiger charge is 2.31. The standard InChI is InChI=1S/C16H17N5O2S/c1-9-6-18-11(7-17-9)8-19-15(22)13-10(2)20-16(23)21-14(13)12-4-3-5-24-12/h3-7,14H,8H2,1-2H3,(H,19,22)(H2,20,21,23)/t14-/m0/s1. The predicted octanol–water partition coefficient (Wildman–Crippen LogP) is 1.79. The lowest BCUT2D eigenvalue weighted by Crippen LogP contribution is -2.46. The summed E-state index contributed by atoms with van der Waals surface area (Å²) in [4.78, 5) is 33.7. The number of nitrogens with zero attached hydrogens (tertiary/aromatic N) is 2. The van der Waals surface area contributed by atoms with E-state index in [0.29, 0.717) is 17.0 Å². The van der Waals surface area contributed by atoms with Gasteiger partial charge in [0.25, 0.3) is 5.91 Å². The Morgan fingerprint density at radius 3 is 2.83 bits per heavy atom. The summed E-state index contributed by atoms with van der Waals surface area (Å²) < 4.78 is 0. The maximum atomic E-state index is 12.7. The molecule has 3 N–H and O–H groups in total. The quantitative estimate of drug-likeness (QED) is 0.788. The number of allylic oxidation sites excluding steroid dienone is 1. The minimum atomic E-state index is -0.456. The highest BCUT2D eigenvalue weighted by Crippen LogP contribution is 2.29. The molecule has 7 nitrogen and oxygen atoms in total. The van der Waals surface area contributed by atoms with Gasteiger partial charge in [-0.1, -0.05) is 6.07 Å². The van der Waals surface area contributed by atoms with E-state index >= 15 is 0 Å². The third kappa shape index (κ3) is 3.43. The largest absolute Gasteiger partial charge is 0.346 e. The Balaban J connectivity index is 1.78. The van der Waals surface area contributed by atoms with Gasteiger partial charge in [0.05, 0.1) is 35.7 Å². The van der Waals surface area contributed by atoms with Crippen LogP contribution in [0, 0.1) is 6.92 Å². The van der Waals surface area contributed by atoms with Crippen molar-refractivity contribution in [2.75, 3.05) is 0 Å². The van der Waals surface area contributed by atoms with Gasteiger partial charge >= 0.3 is 6.03 Å². The second-order valence-corrected chi connectivity index (χ2v) is 6.40. The van der Waals surface area contributed by atoms with Crippen LogP contribution in [0.15, 0.2) is 41.2 Å². The topological polar surface area (TPSA) is 96.0 Å². The van der Waals surface area contributed by atoms with E-state index in [1.165, 1.54) is 11.3 Å². The first-order valence-corrected chi connectivity index (χ1v) is 8.30. The number of carbonyl (C=O) groups excluding carboxylic acids is 2. The van der Waals surface area contributed by atoms with Crippen LogP contribution in [0.1, 0.15) is 29.2 Å². The van der Waals surface area contributed by atoms with Crippen molar-refractivity contribution in [3.8, 4) is 0 Å². The first-order valence-electron chi connectivity index (χ1n) is 7.42. The average Bonchev–Trinajstić information content (AvgIpc) is 3.07. The van der Waals surface area contributed by atoms with Gasteiger partial charge in [0.1, 0.15) is 0 Å². The minimum Gasteiger partial charge on any atom is -0.346 e. The van der Waals surface area contributed by atoms with Crippen molar-refractivity contribution in [2.24, 2.45) is 0 Å². The lowest BCUT2D eigenvalue weighted by Gasteiger charge is -2.27. The molecule has 0 radical (unpaired) electrons. The number of carbonyl (C=O) groups is 2. The Kier molecular flexibility index (Phi) is 4.57. The Morgan fingerprint density at radius 2 is 2.17 bits per heavy atom. The molecule has 3 rings (SSSR count). The van der Waals surface area contributed by atoms with Crippen molar-refractivity contribution < 1.29 is 9.59 Å². The lowest BCUT2D eigenvalue weighted by atomic mass is 10.0. The van der Waals surface area contributed by atoms with E-state index < -0.39 is 6.04 Å². The molecule has 1 aliphatic heterocycles. The van der Waals surface area contributed by atoms with Crippen molar-refractivity contribution in [3.05, 3.63) is 57.4 Å². The van der Waals surface area contributed by atoms with Crippen LogP contribution in [0.25, 0.3) is 0 Å². The Morgan fingerprint density at radius 1 is 1.33 bits per heavy atom. The van der Waals surface area contributed by atoms with Crippen LogP contribution in [0.3, 0.4) is 0 Å². The van der Waals surface area contributed by atoms with Crippen LogP contribution in [0.4, 0.5) is 4.79 Å². The third-order valence-electron chi connectivity index (χ3n) is 3.61. The van der Waals surface area contributed by atoms with Gasteiger partial charge in [-0.05, 0) is 25.3 Å². The molecular formula is C16H17N5O2S. The molecule has 8 heteroatoms. The summed E-state index contributed by atoms with van der Waals surface area (Å²) in [5, 5.41) is 10.2. The molecule has 1 atom stereocenters. The zero-order chi connectivity index (χ0) is 17.1. The number of hydrogen-bond acceptors (Lipinski definition) is 5. The van der Waals surface area contributed by atoms with Crippen molar-refractivity contribution in [3.63, 3.8) is 0 Å². The Bertz CT molecular complexity index is 783. The SMILES string of the molecule is CC1=C(C(=O)NCc2cnc(C)cn2)[C@H](c2cccs2)NC(=O)N1. The van der Waals surface area contributed by atoms with E-state index in [4.69, 9.17) is 0 Å². The van der Waals surface area contributed by atoms with E-state index in [1.54, 1.807) is 19.3 Å². The van der Waals surface area contributed by atoms with Crippen LogP contribution in [0.2, 0.25) is 0 Å². The highest BCUT2D eigenvalue weighted by atomic mass is 32.1. The molecule has 0 aliphatic carbocycles. The van der Waals surface area contributed by atoms with Crippen molar-refractivity contribution in [1.29, 1.82) is 0 Å². The molecule has 0 spiro atoms. The Hall–Kier alpha value is -2.74. The molecule has 0 saturated carbocycles. The van der Waals surface area contributed by atoms with Crippen LogP contribution >= 0.6 is 11.3 Å². The average molecular weight is 343 g/mol. The number of thiophene rings is 1. The molecule has 0 fully saturated rings. The van der Waals surface area contributed by atoms with Gasteiger partial charge in [-0.25, -0.2) is 4.79 Å². The third-order valence-corrected chi connectivity index (χ3v) is 4.54. The second kappa shape index (κ2) is 6.79. The van der Waals surface area contributed by atoms with Gasteiger partial charge in [0, 0.05) is 16.8 Å². The fourth-order valence-electron chi connectivity index (χ4n) is 2.44. The lowest BCUT2D eigenvalue weighted by molar-refractivity contribution is -0.118. The van der Waals surface area contributed by atoms with Gasteiger partial charge in [-0.2, -0.15) is 0 Å². The first-order chi connectivity index (χ1) is 11.5. The second-order valence-electron chi connectivity index (χ2n) is 5.42. The van der Waals surface area contributed by atoms with Gasteiger partial charge in [0.2, 0.25) is 0 Å². The van der Waals surface area contributed by atoms with Gasteiger partial charge in [-0.3, -0.25) is 14.8 Å². The first kappa shape index (κ1) is 16.1. The van der Waals surface area contributed by atoms with E-state index in [-0.39, 0.29) is 18.5 Å². The van der Waals surface area contributed by atoms with Crippen molar-refractivity contribution in [2.45, 2.75) is 26.4 Å². The number of hydrogen-bond donors (Lipinski definition) is 3. The molecule has 24 heavy (non-hydrogen) atoms. The number of nitrogens with one attached hydrogen (secondary N) is 3. The molecule has 0 saturated heterocycles. The zero-order valence-corrected chi connectivity index (χ0v) is 14.1. The van der Waals surface area contributed by atoms with Crippen LogP contribution in [0.5, 0.6) is 0 Å². The monoisotopic (exact) mass is 343 g/mol. The zero-order valence-electron chi connectivity index (χ0n) is 13.3. The maximum Gasteiger partial charge on any atom is 0.319 e. The fraction of sp³-hybridized carbons (Fsp3) is 0.250. The number of urea groups is 1. The van der Waals surface area contributed by atoms with Gasteiger partial charge in [0.15, 0.2) is 0 Å². The number of aryl methyl sites for hydroxylation is 1. The van der Waals surface area contributed by atoms with E-state index in [1.807, 2.05) is 24.4 Å². The normalized spacial score (nSPS) is 17.2. The summed E-state index contributed by atoms with van der Waals surface area (Å²) >= 11 is 1.49. The maximum absolute atomic E-state index is 12.7. The highest BCUT2D eigenvalue weighted by molar-refractivity contribution is 7.10. The molecule has 2 aromatic heterocycles. The number of amides is 3. The van der Waals surface area contributed by atoms with E-state index in [2.05, 4.69) is 25.9 Å². The Labute approximate surface area is 143 Å². The summed E-state index contributed by atoms with van der Waals surface area (Å²) in [6, 6.07) is 3.02. The summed E-state index contributed by atoms with van der Waals surface area (Å²) in [5.74, 6) is -0.249. The van der Waals surface area contributed by atoms with Crippen molar-refractivity contribution in [1.82, 2.24) is 25.9 Å². The smallest absolute Gasteiger partial charge is 0.319 e. The molecule has 1 aliphatic rings. The molecule has 0 bridgehead atoms. The van der Waals surface area contributed by atoms with Crippen LogP contribution in [-0.4, -0.2) is 21.9 Å². The molecule has 124 valence electrons.